The molecule has 0 saturated heterocycles. The third-order valence-corrected chi connectivity index (χ3v) is 3.00. The standard InChI is InChI=1S/C17H19F2N3.HI/c1-2-20-17(21-11-13-5-3-7-15(18)9-13)22-12-14-6-4-8-16(19)10-14;/h3-10H,2,11-12H2,1H3,(H2,20,21,22);1H. The van der Waals surface area contributed by atoms with Crippen molar-refractivity contribution in [2.75, 3.05) is 6.54 Å². The normalized spacial score (nSPS) is 10.8. The van der Waals surface area contributed by atoms with Gasteiger partial charge in [-0.25, -0.2) is 13.8 Å². The lowest BCUT2D eigenvalue weighted by molar-refractivity contribution is 0.624. The summed E-state index contributed by atoms with van der Waals surface area (Å²) in [4.78, 5) is 4.40. The van der Waals surface area contributed by atoms with E-state index in [0.717, 1.165) is 11.1 Å². The molecular formula is C17H20F2IN3. The Hall–Kier alpha value is -1.70. The Morgan fingerprint density at radius 1 is 0.957 bits per heavy atom. The van der Waals surface area contributed by atoms with Crippen molar-refractivity contribution in [2.45, 2.75) is 20.0 Å². The summed E-state index contributed by atoms with van der Waals surface area (Å²) in [7, 11) is 0. The van der Waals surface area contributed by atoms with Crippen LogP contribution in [0.1, 0.15) is 18.1 Å². The van der Waals surface area contributed by atoms with Crippen LogP contribution in [0.2, 0.25) is 0 Å². The third kappa shape index (κ3) is 6.94. The monoisotopic (exact) mass is 431 g/mol. The molecule has 0 heterocycles. The Morgan fingerprint density at radius 2 is 1.57 bits per heavy atom. The second-order valence-electron chi connectivity index (χ2n) is 4.81. The van der Waals surface area contributed by atoms with Crippen molar-refractivity contribution in [3.05, 3.63) is 71.3 Å². The van der Waals surface area contributed by atoms with E-state index in [-0.39, 0.29) is 35.6 Å². The molecule has 0 spiro atoms. The zero-order valence-electron chi connectivity index (χ0n) is 12.9. The van der Waals surface area contributed by atoms with Gasteiger partial charge in [0, 0.05) is 13.1 Å². The van der Waals surface area contributed by atoms with Crippen LogP contribution in [0.15, 0.2) is 53.5 Å². The fraction of sp³-hybridized carbons (Fsp3) is 0.235. The van der Waals surface area contributed by atoms with E-state index in [1.54, 1.807) is 12.1 Å². The Bertz CT molecular complexity index is 647. The summed E-state index contributed by atoms with van der Waals surface area (Å²) in [6.07, 6.45) is 0. The first kappa shape index (κ1) is 19.3. The first-order valence-corrected chi connectivity index (χ1v) is 7.18. The highest BCUT2D eigenvalue weighted by molar-refractivity contribution is 14.0. The maximum absolute atomic E-state index is 13.1. The molecule has 0 unspecified atom stereocenters. The summed E-state index contributed by atoms with van der Waals surface area (Å²) >= 11 is 0. The smallest absolute Gasteiger partial charge is 0.191 e. The van der Waals surface area contributed by atoms with Crippen LogP contribution in [-0.2, 0) is 13.1 Å². The minimum Gasteiger partial charge on any atom is -0.357 e. The van der Waals surface area contributed by atoms with Gasteiger partial charge >= 0.3 is 0 Å². The van der Waals surface area contributed by atoms with Gasteiger partial charge in [-0.05, 0) is 42.3 Å². The first-order chi connectivity index (χ1) is 10.7. The SMILES string of the molecule is CCNC(=NCc1cccc(F)c1)NCc1cccc(F)c1.I. The minimum atomic E-state index is -0.273. The Kier molecular flexibility index (Phi) is 8.53. The van der Waals surface area contributed by atoms with Crippen molar-refractivity contribution in [2.24, 2.45) is 4.99 Å². The van der Waals surface area contributed by atoms with Crippen LogP contribution >= 0.6 is 24.0 Å². The number of nitrogens with zero attached hydrogens (tertiary/aromatic N) is 1. The molecule has 0 radical (unpaired) electrons. The van der Waals surface area contributed by atoms with E-state index in [1.807, 2.05) is 19.1 Å². The van der Waals surface area contributed by atoms with Gasteiger partial charge in [0.2, 0.25) is 0 Å². The molecule has 2 N–H and O–H groups in total. The highest BCUT2D eigenvalue weighted by Crippen LogP contribution is 2.05. The van der Waals surface area contributed by atoms with Crippen molar-refractivity contribution in [1.29, 1.82) is 0 Å². The molecule has 0 fully saturated rings. The number of halogens is 3. The lowest BCUT2D eigenvalue weighted by Gasteiger charge is -2.11. The highest BCUT2D eigenvalue weighted by atomic mass is 127. The fourth-order valence-electron chi connectivity index (χ4n) is 1.98. The molecule has 2 aromatic rings. The predicted molar refractivity (Wildman–Crippen MR) is 99.9 cm³/mol. The minimum absolute atomic E-state index is 0. The second-order valence-corrected chi connectivity index (χ2v) is 4.81. The van der Waals surface area contributed by atoms with Crippen molar-refractivity contribution >= 4 is 29.9 Å². The van der Waals surface area contributed by atoms with Crippen LogP contribution < -0.4 is 10.6 Å². The summed E-state index contributed by atoms with van der Waals surface area (Å²) in [6, 6.07) is 12.7. The van der Waals surface area contributed by atoms with E-state index >= 15 is 0 Å². The number of guanidine groups is 1. The number of nitrogens with one attached hydrogen (secondary N) is 2. The van der Waals surface area contributed by atoms with Gasteiger partial charge in [-0.15, -0.1) is 24.0 Å². The van der Waals surface area contributed by atoms with Crippen LogP contribution in [0, 0.1) is 11.6 Å². The quantitative estimate of drug-likeness (QED) is 0.429. The molecule has 6 heteroatoms. The number of rotatable bonds is 5. The summed E-state index contributed by atoms with van der Waals surface area (Å²) in [5, 5.41) is 6.23. The maximum Gasteiger partial charge on any atom is 0.191 e. The van der Waals surface area contributed by atoms with Gasteiger partial charge in [0.25, 0.3) is 0 Å². The molecule has 0 bridgehead atoms. The molecule has 0 aliphatic carbocycles. The van der Waals surface area contributed by atoms with E-state index in [9.17, 15) is 8.78 Å². The van der Waals surface area contributed by atoms with E-state index in [0.29, 0.717) is 25.6 Å². The zero-order valence-corrected chi connectivity index (χ0v) is 15.2. The van der Waals surface area contributed by atoms with Gasteiger partial charge in [-0.2, -0.15) is 0 Å². The highest BCUT2D eigenvalue weighted by Gasteiger charge is 2.00. The van der Waals surface area contributed by atoms with E-state index < -0.39 is 0 Å². The van der Waals surface area contributed by atoms with Crippen LogP contribution in [-0.4, -0.2) is 12.5 Å². The van der Waals surface area contributed by atoms with E-state index in [2.05, 4.69) is 15.6 Å². The molecule has 0 aliphatic rings. The topological polar surface area (TPSA) is 36.4 Å². The Labute approximate surface area is 152 Å². The number of hydrogen-bond acceptors (Lipinski definition) is 1. The van der Waals surface area contributed by atoms with Gasteiger partial charge in [0.05, 0.1) is 6.54 Å². The lowest BCUT2D eigenvalue weighted by Crippen LogP contribution is -2.36. The predicted octanol–water partition coefficient (Wildman–Crippen LogP) is 3.84. The molecule has 0 aliphatic heterocycles. The molecule has 0 atom stereocenters. The van der Waals surface area contributed by atoms with Gasteiger partial charge in [0.15, 0.2) is 5.96 Å². The second kappa shape index (κ2) is 10.1. The molecule has 2 rings (SSSR count). The molecule has 0 saturated carbocycles. The molecule has 2 aromatic carbocycles. The van der Waals surface area contributed by atoms with Gasteiger partial charge < -0.3 is 10.6 Å². The molecule has 0 aromatic heterocycles. The van der Waals surface area contributed by atoms with Crippen molar-refractivity contribution in [1.82, 2.24) is 10.6 Å². The average Bonchev–Trinajstić information content (AvgIpc) is 2.50. The molecular weight excluding hydrogens is 411 g/mol. The van der Waals surface area contributed by atoms with Gasteiger partial charge in [0.1, 0.15) is 11.6 Å². The number of hydrogen-bond donors (Lipinski definition) is 2. The molecule has 23 heavy (non-hydrogen) atoms. The zero-order chi connectivity index (χ0) is 15.8. The van der Waals surface area contributed by atoms with Crippen molar-refractivity contribution in [3.63, 3.8) is 0 Å². The van der Waals surface area contributed by atoms with E-state index in [4.69, 9.17) is 0 Å². The summed E-state index contributed by atoms with van der Waals surface area (Å²) < 4.78 is 26.3. The average molecular weight is 431 g/mol. The van der Waals surface area contributed by atoms with Crippen molar-refractivity contribution < 1.29 is 8.78 Å². The van der Waals surface area contributed by atoms with Gasteiger partial charge in [-0.1, -0.05) is 24.3 Å². The van der Waals surface area contributed by atoms with Crippen LogP contribution in [0.3, 0.4) is 0 Å². The molecule has 0 amide bonds. The molecule has 3 nitrogen and oxygen atoms in total. The first-order valence-electron chi connectivity index (χ1n) is 7.18. The maximum atomic E-state index is 13.1. The van der Waals surface area contributed by atoms with Crippen LogP contribution in [0.5, 0.6) is 0 Å². The van der Waals surface area contributed by atoms with Crippen molar-refractivity contribution in [3.8, 4) is 0 Å². The third-order valence-electron chi connectivity index (χ3n) is 3.00. The van der Waals surface area contributed by atoms with E-state index in [1.165, 1.54) is 24.3 Å². The largest absolute Gasteiger partial charge is 0.357 e. The number of benzene rings is 2. The fourth-order valence-corrected chi connectivity index (χ4v) is 1.98. The summed E-state index contributed by atoms with van der Waals surface area (Å²) in [6.45, 7) is 3.50. The number of aliphatic imine (C=N–C) groups is 1. The van der Waals surface area contributed by atoms with Crippen LogP contribution in [0.4, 0.5) is 8.78 Å². The lowest BCUT2D eigenvalue weighted by atomic mass is 10.2. The summed E-state index contributed by atoms with van der Waals surface area (Å²) in [5.74, 6) is 0.0717. The summed E-state index contributed by atoms with van der Waals surface area (Å²) in [5.41, 5.74) is 1.62. The van der Waals surface area contributed by atoms with Gasteiger partial charge in [-0.3, -0.25) is 0 Å². The van der Waals surface area contributed by atoms with Crippen LogP contribution in [0.25, 0.3) is 0 Å². The Balaban J connectivity index is 0.00000264. The Morgan fingerprint density at radius 3 is 2.17 bits per heavy atom. The molecule has 124 valence electrons.